The van der Waals surface area contributed by atoms with Crippen molar-refractivity contribution in [2.45, 2.75) is 25.6 Å². The minimum atomic E-state index is -4.43. The van der Waals surface area contributed by atoms with Gasteiger partial charge in [-0.05, 0) is 53.0 Å². The third-order valence-electron chi connectivity index (χ3n) is 3.37. The molecule has 3 nitrogen and oxygen atoms in total. The number of nitrogens with one attached hydrogen (secondary N) is 2. The number of hydrogen-bond donors (Lipinski definition) is 2. The molecule has 110 valence electrons. The molecule has 0 radical (unpaired) electrons. The molecule has 1 aliphatic heterocycles. The van der Waals surface area contributed by atoms with Crippen molar-refractivity contribution in [3.63, 3.8) is 0 Å². The topological polar surface area (TPSA) is 41.1 Å². The van der Waals surface area contributed by atoms with E-state index in [1.54, 1.807) is 0 Å². The first-order chi connectivity index (χ1) is 9.29. The molecule has 2 rings (SSSR count). The van der Waals surface area contributed by atoms with E-state index >= 15 is 0 Å². The van der Waals surface area contributed by atoms with Gasteiger partial charge in [0.2, 0.25) is 5.91 Å². The van der Waals surface area contributed by atoms with Gasteiger partial charge in [0.05, 0.1) is 17.3 Å². The van der Waals surface area contributed by atoms with E-state index in [1.165, 1.54) is 6.07 Å². The van der Waals surface area contributed by atoms with Gasteiger partial charge in [0.1, 0.15) is 0 Å². The van der Waals surface area contributed by atoms with Crippen molar-refractivity contribution in [2.75, 3.05) is 11.9 Å². The summed E-state index contributed by atoms with van der Waals surface area (Å²) < 4.78 is 38.4. The Kier molecular flexibility index (Phi) is 4.39. The SMILES string of the molecule is CC1CCNC1C(=O)Nc1cc(C(F)(F)F)ccc1Br. The molecule has 2 N–H and O–H groups in total. The van der Waals surface area contributed by atoms with E-state index in [1.807, 2.05) is 6.92 Å². The molecule has 2 unspecified atom stereocenters. The average molecular weight is 351 g/mol. The van der Waals surface area contributed by atoms with Gasteiger partial charge in [0.25, 0.3) is 0 Å². The normalized spacial score (nSPS) is 22.9. The molecule has 20 heavy (non-hydrogen) atoms. The molecule has 0 spiro atoms. The van der Waals surface area contributed by atoms with Gasteiger partial charge in [-0.2, -0.15) is 13.2 Å². The van der Waals surface area contributed by atoms with Gasteiger partial charge in [0.15, 0.2) is 0 Å². The Hall–Kier alpha value is -1.08. The summed E-state index contributed by atoms with van der Waals surface area (Å²) in [6.45, 7) is 2.68. The zero-order chi connectivity index (χ0) is 14.9. The molecular weight excluding hydrogens is 337 g/mol. The summed E-state index contributed by atoms with van der Waals surface area (Å²) in [5.74, 6) is -0.144. The first-order valence-corrected chi connectivity index (χ1v) is 6.99. The average Bonchev–Trinajstić information content (AvgIpc) is 2.77. The predicted octanol–water partition coefficient (Wildman–Crippen LogP) is 3.40. The Morgan fingerprint density at radius 2 is 2.15 bits per heavy atom. The lowest BCUT2D eigenvalue weighted by Crippen LogP contribution is -2.39. The van der Waals surface area contributed by atoms with Crippen LogP contribution in [0, 0.1) is 5.92 Å². The maximum absolute atomic E-state index is 12.7. The maximum atomic E-state index is 12.7. The Morgan fingerprint density at radius 3 is 2.70 bits per heavy atom. The summed E-state index contributed by atoms with van der Waals surface area (Å²) in [5.41, 5.74) is -0.658. The summed E-state index contributed by atoms with van der Waals surface area (Å²) in [5, 5.41) is 5.59. The molecule has 7 heteroatoms. The highest BCUT2D eigenvalue weighted by Crippen LogP contribution is 2.34. The highest BCUT2D eigenvalue weighted by molar-refractivity contribution is 9.10. The molecule has 0 aromatic heterocycles. The maximum Gasteiger partial charge on any atom is 0.416 e. The van der Waals surface area contributed by atoms with E-state index in [4.69, 9.17) is 0 Å². The number of carbonyl (C=O) groups is 1. The fourth-order valence-corrected chi connectivity index (χ4v) is 2.54. The highest BCUT2D eigenvalue weighted by Gasteiger charge is 2.32. The quantitative estimate of drug-likeness (QED) is 0.858. The van der Waals surface area contributed by atoms with Crippen molar-refractivity contribution >= 4 is 27.5 Å². The van der Waals surface area contributed by atoms with Crippen LogP contribution in [0.5, 0.6) is 0 Å². The lowest BCUT2D eigenvalue weighted by molar-refractivity contribution is -0.137. The summed E-state index contributed by atoms with van der Waals surface area (Å²) in [6, 6.07) is 2.82. The van der Waals surface area contributed by atoms with E-state index < -0.39 is 11.7 Å². The third kappa shape index (κ3) is 3.32. The van der Waals surface area contributed by atoms with E-state index in [-0.39, 0.29) is 23.6 Å². The minimum Gasteiger partial charge on any atom is -0.324 e. The van der Waals surface area contributed by atoms with Crippen molar-refractivity contribution < 1.29 is 18.0 Å². The summed E-state index contributed by atoms with van der Waals surface area (Å²) in [6.07, 6.45) is -3.55. The van der Waals surface area contributed by atoms with Crippen LogP contribution >= 0.6 is 15.9 Å². The molecule has 2 atom stereocenters. The number of benzene rings is 1. The second kappa shape index (κ2) is 5.73. The predicted molar refractivity (Wildman–Crippen MR) is 73.3 cm³/mol. The molecule has 0 aliphatic carbocycles. The van der Waals surface area contributed by atoms with Crippen LogP contribution in [0.3, 0.4) is 0 Å². The molecule has 1 saturated heterocycles. The minimum absolute atomic E-state index is 0.130. The smallest absolute Gasteiger partial charge is 0.324 e. The van der Waals surface area contributed by atoms with Crippen LogP contribution in [-0.4, -0.2) is 18.5 Å². The zero-order valence-corrected chi connectivity index (χ0v) is 12.3. The Balaban J connectivity index is 2.18. The number of hydrogen-bond acceptors (Lipinski definition) is 2. The summed E-state index contributed by atoms with van der Waals surface area (Å²) >= 11 is 3.15. The molecular formula is C13H14BrF3N2O. The van der Waals surface area contributed by atoms with Gasteiger partial charge in [-0.1, -0.05) is 6.92 Å². The van der Waals surface area contributed by atoms with Crippen LogP contribution in [0.25, 0.3) is 0 Å². The van der Waals surface area contributed by atoms with Crippen LogP contribution in [0.4, 0.5) is 18.9 Å². The van der Waals surface area contributed by atoms with Crippen LogP contribution < -0.4 is 10.6 Å². The van der Waals surface area contributed by atoms with Gasteiger partial charge in [-0.3, -0.25) is 4.79 Å². The molecule has 1 aliphatic rings. The van der Waals surface area contributed by atoms with Crippen LogP contribution in [0.15, 0.2) is 22.7 Å². The molecule has 1 fully saturated rings. The molecule has 1 heterocycles. The first kappa shape index (κ1) is 15.3. The standard InChI is InChI=1S/C13H14BrF3N2O/c1-7-4-5-18-11(7)12(20)19-10-6-8(13(15,16)17)2-3-9(10)14/h2-3,6-7,11,18H,4-5H2,1H3,(H,19,20). The van der Waals surface area contributed by atoms with Crippen molar-refractivity contribution in [2.24, 2.45) is 5.92 Å². The van der Waals surface area contributed by atoms with Gasteiger partial charge in [-0.25, -0.2) is 0 Å². The number of amides is 1. The number of halogens is 4. The highest BCUT2D eigenvalue weighted by atomic mass is 79.9. The van der Waals surface area contributed by atoms with Crippen LogP contribution in [-0.2, 0) is 11.0 Å². The number of carbonyl (C=O) groups excluding carboxylic acids is 1. The number of anilines is 1. The van der Waals surface area contributed by atoms with Crippen molar-refractivity contribution in [1.82, 2.24) is 5.32 Å². The third-order valence-corrected chi connectivity index (χ3v) is 4.06. The molecule has 0 saturated carbocycles. The lowest BCUT2D eigenvalue weighted by Gasteiger charge is -2.17. The second-order valence-corrected chi connectivity index (χ2v) is 5.73. The molecule has 0 bridgehead atoms. The van der Waals surface area contributed by atoms with E-state index in [9.17, 15) is 18.0 Å². The van der Waals surface area contributed by atoms with Crippen molar-refractivity contribution in [3.05, 3.63) is 28.2 Å². The van der Waals surface area contributed by atoms with Gasteiger partial charge in [-0.15, -0.1) is 0 Å². The fraction of sp³-hybridized carbons (Fsp3) is 0.462. The Bertz CT molecular complexity index is 519. The lowest BCUT2D eigenvalue weighted by atomic mass is 10.0. The van der Waals surface area contributed by atoms with Crippen LogP contribution in [0.2, 0.25) is 0 Å². The van der Waals surface area contributed by atoms with E-state index in [2.05, 4.69) is 26.6 Å². The first-order valence-electron chi connectivity index (χ1n) is 6.20. The molecule has 1 aromatic carbocycles. The van der Waals surface area contributed by atoms with Gasteiger partial charge < -0.3 is 10.6 Å². The fourth-order valence-electron chi connectivity index (χ4n) is 2.19. The van der Waals surface area contributed by atoms with E-state index in [0.717, 1.165) is 25.1 Å². The Labute approximate surface area is 123 Å². The largest absolute Gasteiger partial charge is 0.416 e. The summed E-state index contributed by atoms with van der Waals surface area (Å²) in [4.78, 5) is 12.1. The second-order valence-electron chi connectivity index (χ2n) is 4.88. The van der Waals surface area contributed by atoms with Crippen molar-refractivity contribution in [1.29, 1.82) is 0 Å². The van der Waals surface area contributed by atoms with Gasteiger partial charge in [0, 0.05) is 4.47 Å². The summed E-state index contributed by atoms with van der Waals surface area (Å²) in [7, 11) is 0. The number of alkyl halides is 3. The zero-order valence-electron chi connectivity index (χ0n) is 10.7. The van der Waals surface area contributed by atoms with Gasteiger partial charge >= 0.3 is 6.18 Å². The van der Waals surface area contributed by atoms with E-state index in [0.29, 0.717) is 4.47 Å². The monoisotopic (exact) mass is 350 g/mol. The van der Waals surface area contributed by atoms with Crippen molar-refractivity contribution in [3.8, 4) is 0 Å². The molecule has 1 amide bonds. The number of rotatable bonds is 2. The molecule has 1 aromatic rings. The Morgan fingerprint density at radius 1 is 1.45 bits per heavy atom. The van der Waals surface area contributed by atoms with Crippen LogP contribution in [0.1, 0.15) is 18.9 Å².